The Morgan fingerprint density at radius 2 is 2.04 bits per heavy atom. The Labute approximate surface area is 160 Å². The van der Waals surface area contributed by atoms with Crippen LogP contribution < -0.4 is 15.1 Å². The number of nitrogens with one attached hydrogen (secondary N) is 1. The van der Waals surface area contributed by atoms with Gasteiger partial charge < -0.3 is 15.0 Å². The Bertz CT molecular complexity index is 718. The Morgan fingerprint density at radius 1 is 1.33 bits per heavy atom. The third kappa shape index (κ3) is 4.61. The van der Waals surface area contributed by atoms with Crippen LogP contribution in [0.3, 0.4) is 0 Å². The van der Waals surface area contributed by atoms with E-state index >= 15 is 0 Å². The van der Waals surface area contributed by atoms with Crippen LogP contribution in [0.2, 0.25) is 25.2 Å². The van der Waals surface area contributed by atoms with Crippen LogP contribution in [0.5, 0.6) is 0 Å². The number of carbonyl (C=O) groups is 2. The van der Waals surface area contributed by atoms with Gasteiger partial charge in [0.05, 0.1) is 32.5 Å². The molecule has 8 heteroatoms. The van der Waals surface area contributed by atoms with Crippen molar-refractivity contribution in [3.63, 3.8) is 0 Å². The number of ether oxygens (including phenoxy) is 1. The molecule has 1 N–H and O–H groups in total. The fraction of sp³-hybridized carbons (Fsp3) is 0.579. The number of hydrogen-bond donors (Lipinski definition) is 1. The van der Waals surface area contributed by atoms with Crippen LogP contribution >= 0.6 is 0 Å². The molecule has 1 unspecified atom stereocenters. The topological polar surface area (TPSA) is 61.9 Å². The molecule has 6 nitrogen and oxygen atoms in total. The van der Waals surface area contributed by atoms with Crippen LogP contribution in [0, 0.1) is 5.82 Å². The lowest BCUT2D eigenvalue weighted by atomic mass is 10.2. The van der Waals surface area contributed by atoms with E-state index in [1.165, 1.54) is 11.0 Å². The summed E-state index contributed by atoms with van der Waals surface area (Å²) in [5.41, 5.74) is 1.08. The first kappa shape index (κ1) is 19.7. The molecule has 0 aromatic heterocycles. The van der Waals surface area contributed by atoms with E-state index in [1.54, 1.807) is 19.1 Å². The standard InChI is InChI=1S/C19H28FN3O3Si/c1-4-18(24)21-12-15-13-23(19(25)26-15)14-5-6-17(16(20)11-14)22-7-9-27(2,3)10-8-22/h5-6,11,15H,4,7-10,12-13H2,1-3H3,(H,21,24). The highest BCUT2D eigenvalue weighted by molar-refractivity contribution is 6.77. The highest BCUT2D eigenvalue weighted by atomic mass is 28.3. The first-order valence-electron chi connectivity index (χ1n) is 9.58. The fourth-order valence-corrected chi connectivity index (χ4v) is 5.46. The summed E-state index contributed by atoms with van der Waals surface area (Å²) in [4.78, 5) is 27.0. The van der Waals surface area contributed by atoms with Crippen molar-refractivity contribution in [2.75, 3.05) is 36.0 Å². The number of halogens is 1. The van der Waals surface area contributed by atoms with E-state index in [4.69, 9.17) is 4.74 Å². The molecule has 2 amide bonds. The zero-order valence-electron chi connectivity index (χ0n) is 16.3. The van der Waals surface area contributed by atoms with Crippen molar-refractivity contribution >= 4 is 31.4 Å². The maximum atomic E-state index is 14.7. The van der Waals surface area contributed by atoms with E-state index in [2.05, 4.69) is 23.3 Å². The van der Waals surface area contributed by atoms with Gasteiger partial charge in [-0.2, -0.15) is 0 Å². The molecule has 1 aromatic carbocycles. The largest absolute Gasteiger partial charge is 0.442 e. The zero-order valence-corrected chi connectivity index (χ0v) is 17.3. The lowest BCUT2D eigenvalue weighted by Crippen LogP contribution is -2.43. The highest BCUT2D eigenvalue weighted by Gasteiger charge is 2.33. The van der Waals surface area contributed by atoms with Crippen LogP contribution in [0.1, 0.15) is 13.3 Å². The van der Waals surface area contributed by atoms with Gasteiger partial charge in [-0.3, -0.25) is 9.69 Å². The quantitative estimate of drug-likeness (QED) is 0.781. The first-order chi connectivity index (χ1) is 12.8. The number of amides is 2. The van der Waals surface area contributed by atoms with Crippen molar-refractivity contribution < 1.29 is 18.7 Å². The summed E-state index contributed by atoms with van der Waals surface area (Å²) in [5, 5.41) is 2.72. The smallest absolute Gasteiger partial charge is 0.414 e. The molecule has 0 radical (unpaired) electrons. The Balaban J connectivity index is 1.65. The molecule has 3 rings (SSSR count). The molecular weight excluding hydrogens is 365 g/mol. The van der Waals surface area contributed by atoms with E-state index in [-0.39, 0.29) is 18.3 Å². The summed E-state index contributed by atoms with van der Waals surface area (Å²) in [7, 11) is -1.11. The van der Waals surface area contributed by atoms with Crippen molar-refractivity contribution in [3.8, 4) is 0 Å². The summed E-state index contributed by atoms with van der Waals surface area (Å²) < 4.78 is 20.0. The maximum Gasteiger partial charge on any atom is 0.414 e. The number of benzene rings is 1. The number of carbonyl (C=O) groups excluding carboxylic acids is 2. The predicted molar refractivity (Wildman–Crippen MR) is 107 cm³/mol. The van der Waals surface area contributed by atoms with Gasteiger partial charge in [-0.15, -0.1) is 0 Å². The summed E-state index contributed by atoms with van der Waals surface area (Å²) in [6, 6.07) is 7.25. The van der Waals surface area contributed by atoms with E-state index in [9.17, 15) is 14.0 Å². The Hall–Kier alpha value is -2.09. The monoisotopic (exact) mass is 393 g/mol. The fourth-order valence-electron chi connectivity index (χ4n) is 3.46. The molecule has 0 bridgehead atoms. The van der Waals surface area contributed by atoms with Gasteiger partial charge in [0.1, 0.15) is 11.9 Å². The molecule has 0 aliphatic carbocycles. The van der Waals surface area contributed by atoms with Crippen molar-refractivity contribution in [2.45, 2.75) is 44.6 Å². The van der Waals surface area contributed by atoms with Crippen LogP contribution in [-0.2, 0) is 9.53 Å². The summed E-state index contributed by atoms with van der Waals surface area (Å²) in [5.74, 6) is -0.405. The van der Waals surface area contributed by atoms with Crippen LogP contribution in [0.25, 0.3) is 0 Å². The third-order valence-electron chi connectivity index (χ3n) is 5.42. The van der Waals surface area contributed by atoms with Crippen LogP contribution in [0.4, 0.5) is 20.6 Å². The van der Waals surface area contributed by atoms with Crippen molar-refractivity contribution in [1.82, 2.24) is 5.32 Å². The summed E-state index contributed by atoms with van der Waals surface area (Å²) in [6.45, 7) is 8.86. The van der Waals surface area contributed by atoms with Gasteiger partial charge in [-0.1, -0.05) is 20.0 Å². The van der Waals surface area contributed by atoms with Crippen molar-refractivity contribution in [3.05, 3.63) is 24.0 Å². The molecule has 0 spiro atoms. The highest BCUT2D eigenvalue weighted by Crippen LogP contribution is 2.31. The van der Waals surface area contributed by atoms with Gasteiger partial charge in [0.15, 0.2) is 0 Å². The molecule has 2 aliphatic rings. The zero-order chi connectivity index (χ0) is 19.6. The maximum absolute atomic E-state index is 14.7. The molecule has 27 heavy (non-hydrogen) atoms. The van der Waals surface area contributed by atoms with Crippen LogP contribution in [-0.4, -0.2) is 52.4 Å². The molecule has 1 aromatic rings. The van der Waals surface area contributed by atoms with Gasteiger partial charge in [0.2, 0.25) is 5.91 Å². The second-order valence-corrected chi connectivity index (χ2v) is 13.4. The minimum absolute atomic E-state index is 0.0901. The normalized spacial score (nSPS) is 21.9. The SMILES string of the molecule is CCC(=O)NCC1CN(c2ccc(N3CC[Si](C)(C)CC3)c(F)c2)C(=O)O1. The molecule has 2 heterocycles. The van der Waals surface area contributed by atoms with E-state index in [0.29, 0.717) is 24.3 Å². The number of hydrogen-bond acceptors (Lipinski definition) is 4. The molecule has 0 saturated carbocycles. The number of nitrogens with zero attached hydrogens (tertiary/aromatic N) is 2. The average Bonchev–Trinajstić information content (AvgIpc) is 3.01. The van der Waals surface area contributed by atoms with Gasteiger partial charge in [0.25, 0.3) is 0 Å². The molecule has 2 aliphatic heterocycles. The Kier molecular flexibility index (Phi) is 5.74. The second kappa shape index (κ2) is 7.88. The molecule has 1 atom stereocenters. The van der Waals surface area contributed by atoms with Crippen LogP contribution in [0.15, 0.2) is 18.2 Å². The van der Waals surface area contributed by atoms with Gasteiger partial charge >= 0.3 is 6.09 Å². The minimum Gasteiger partial charge on any atom is -0.442 e. The lowest BCUT2D eigenvalue weighted by molar-refractivity contribution is -0.121. The number of anilines is 2. The number of rotatable bonds is 5. The van der Waals surface area contributed by atoms with E-state index in [1.807, 2.05) is 0 Å². The van der Waals surface area contributed by atoms with Gasteiger partial charge in [-0.05, 0) is 30.3 Å². The summed E-state index contributed by atoms with van der Waals surface area (Å²) in [6.07, 6.45) is -0.554. The molecule has 2 fully saturated rings. The van der Waals surface area contributed by atoms with E-state index < -0.39 is 20.3 Å². The van der Waals surface area contributed by atoms with Gasteiger partial charge in [-0.25, -0.2) is 9.18 Å². The molecular formula is C19H28FN3O3Si. The molecule has 2 saturated heterocycles. The lowest BCUT2D eigenvalue weighted by Gasteiger charge is -2.37. The minimum atomic E-state index is -1.11. The van der Waals surface area contributed by atoms with Crippen molar-refractivity contribution in [1.29, 1.82) is 0 Å². The van der Waals surface area contributed by atoms with Crippen molar-refractivity contribution in [2.24, 2.45) is 0 Å². The van der Waals surface area contributed by atoms with Gasteiger partial charge in [0, 0.05) is 19.5 Å². The predicted octanol–water partition coefficient (Wildman–Crippen LogP) is 3.21. The Morgan fingerprint density at radius 3 is 2.67 bits per heavy atom. The summed E-state index contributed by atoms with van der Waals surface area (Å²) >= 11 is 0. The molecule has 148 valence electrons. The van der Waals surface area contributed by atoms with E-state index in [0.717, 1.165) is 25.2 Å². The first-order valence-corrected chi connectivity index (χ1v) is 13.0. The second-order valence-electron chi connectivity index (χ2n) is 8.06. The average molecular weight is 394 g/mol. The third-order valence-corrected chi connectivity index (χ3v) is 8.58. The number of cyclic esters (lactones) is 1.